The fourth-order valence-electron chi connectivity index (χ4n) is 2.44. The highest BCUT2D eigenvalue weighted by molar-refractivity contribution is 5.22. The zero-order valence-electron chi connectivity index (χ0n) is 9.99. The van der Waals surface area contributed by atoms with Gasteiger partial charge in [-0.25, -0.2) is 0 Å². The lowest BCUT2D eigenvalue weighted by Crippen LogP contribution is -2.06. The van der Waals surface area contributed by atoms with Crippen LogP contribution >= 0.6 is 0 Å². The molecule has 0 fully saturated rings. The summed E-state index contributed by atoms with van der Waals surface area (Å²) in [5.41, 5.74) is 2.87. The Morgan fingerprint density at radius 1 is 0.750 bits per heavy atom. The van der Waals surface area contributed by atoms with Gasteiger partial charge in [-0.15, -0.1) is 0 Å². The molecule has 1 heteroatoms. The highest BCUT2D eigenvalue weighted by Crippen LogP contribution is 2.16. The van der Waals surface area contributed by atoms with Gasteiger partial charge in [0.25, 0.3) is 0 Å². The van der Waals surface area contributed by atoms with Crippen molar-refractivity contribution in [2.45, 2.75) is 57.5 Å². The normalized spacial score (nSPS) is 23.2. The molecule has 0 aliphatic heterocycles. The van der Waals surface area contributed by atoms with Crippen molar-refractivity contribution in [2.75, 3.05) is 0 Å². The van der Waals surface area contributed by atoms with Crippen LogP contribution in [0.2, 0.25) is 0 Å². The maximum atomic E-state index is 9.78. The van der Waals surface area contributed by atoms with Crippen molar-refractivity contribution < 1.29 is 5.11 Å². The lowest BCUT2D eigenvalue weighted by atomic mass is 10.0. The minimum Gasteiger partial charge on any atom is -0.393 e. The van der Waals surface area contributed by atoms with Crippen LogP contribution < -0.4 is 0 Å². The van der Waals surface area contributed by atoms with E-state index in [2.05, 4.69) is 24.3 Å². The van der Waals surface area contributed by atoms with Gasteiger partial charge in [0.05, 0.1) is 6.10 Å². The van der Waals surface area contributed by atoms with Crippen molar-refractivity contribution in [1.82, 2.24) is 0 Å². The van der Waals surface area contributed by atoms with Crippen molar-refractivity contribution in [3.05, 3.63) is 35.4 Å². The Hall–Kier alpha value is -0.820. The van der Waals surface area contributed by atoms with E-state index in [1.54, 1.807) is 0 Å². The van der Waals surface area contributed by atoms with Crippen LogP contribution in [0.3, 0.4) is 0 Å². The highest BCUT2D eigenvalue weighted by Gasteiger charge is 2.05. The van der Waals surface area contributed by atoms with Crippen LogP contribution in [0.25, 0.3) is 0 Å². The Labute approximate surface area is 98.5 Å². The zero-order chi connectivity index (χ0) is 11.2. The number of aliphatic hydroxyl groups excluding tert-OH is 1. The van der Waals surface area contributed by atoms with Crippen LogP contribution in [0.1, 0.15) is 49.7 Å². The van der Waals surface area contributed by atoms with Crippen LogP contribution in [0.5, 0.6) is 0 Å². The van der Waals surface area contributed by atoms with Gasteiger partial charge in [-0.05, 0) is 49.7 Å². The number of aryl methyl sites for hydroxylation is 2. The summed E-state index contributed by atoms with van der Waals surface area (Å²) in [7, 11) is 0. The molecule has 1 nitrogen and oxygen atoms in total. The number of fused-ring (bicyclic) bond motifs is 10. The van der Waals surface area contributed by atoms with Crippen LogP contribution in [-0.2, 0) is 12.8 Å². The quantitative estimate of drug-likeness (QED) is 0.706. The van der Waals surface area contributed by atoms with Crippen LogP contribution in [0, 0.1) is 0 Å². The van der Waals surface area contributed by atoms with Gasteiger partial charge in [-0.1, -0.05) is 37.1 Å². The molecule has 0 amide bonds. The lowest BCUT2D eigenvalue weighted by molar-refractivity contribution is 0.148. The predicted octanol–water partition coefficient (Wildman–Crippen LogP) is 3.49. The van der Waals surface area contributed by atoms with E-state index in [-0.39, 0.29) is 6.10 Å². The number of hydrogen-bond acceptors (Lipinski definition) is 1. The van der Waals surface area contributed by atoms with Gasteiger partial charge < -0.3 is 5.11 Å². The van der Waals surface area contributed by atoms with Gasteiger partial charge >= 0.3 is 0 Å². The average molecular weight is 218 g/mol. The molecule has 0 unspecified atom stereocenters. The summed E-state index contributed by atoms with van der Waals surface area (Å²) in [5, 5.41) is 9.78. The van der Waals surface area contributed by atoms with E-state index in [4.69, 9.17) is 0 Å². The van der Waals surface area contributed by atoms with E-state index in [1.165, 1.54) is 36.8 Å². The number of rotatable bonds is 0. The fraction of sp³-hybridized carbons (Fsp3) is 0.600. The van der Waals surface area contributed by atoms with E-state index in [0.717, 1.165) is 25.7 Å². The van der Waals surface area contributed by atoms with Gasteiger partial charge in [-0.2, -0.15) is 0 Å². The van der Waals surface area contributed by atoms with Gasteiger partial charge in [0.1, 0.15) is 0 Å². The predicted molar refractivity (Wildman–Crippen MR) is 67.6 cm³/mol. The molecule has 2 aliphatic rings. The Kier molecular flexibility index (Phi) is 4.41. The third kappa shape index (κ3) is 3.64. The Morgan fingerprint density at radius 3 is 2.00 bits per heavy atom. The number of benzene rings is 1. The van der Waals surface area contributed by atoms with E-state index >= 15 is 0 Å². The number of hydrogen-bond donors (Lipinski definition) is 1. The SMILES string of the molecule is O[C@@H]1CCCCCc2ccc(cc2)CCC1. The molecule has 1 aromatic rings. The first kappa shape index (κ1) is 11.7. The molecule has 16 heavy (non-hydrogen) atoms. The maximum Gasteiger partial charge on any atom is 0.0540 e. The Balaban J connectivity index is 1.98. The van der Waals surface area contributed by atoms with Gasteiger partial charge in [0.15, 0.2) is 0 Å². The summed E-state index contributed by atoms with van der Waals surface area (Å²) in [6.07, 6.45) is 8.98. The second-order valence-corrected chi connectivity index (χ2v) is 4.96. The fourth-order valence-corrected chi connectivity index (χ4v) is 2.44. The molecule has 2 aliphatic carbocycles. The third-order valence-corrected chi connectivity index (χ3v) is 3.53. The average Bonchev–Trinajstić information content (AvgIpc) is 2.32. The molecular weight excluding hydrogens is 196 g/mol. The molecule has 3 rings (SSSR count). The van der Waals surface area contributed by atoms with Gasteiger partial charge in [0, 0.05) is 0 Å². The first-order valence-corrected chi connectivity index (χ1v) is 6.60. The molecule has 0 radical (unpaired) electrons. The van der Waals surface area contributed by atoms with E-state index in [0.29, 0.717) is 0 Å². The summed E-state index contributed by atoms with van der Waals surface area (Å²) >= 11 is 0. The summed E-state index contributed by atoms with van der Waals surface area (Å²) in [5.74, 6) is 0. The minimum atomic E-state index is -0.0702. The molecule has 0 saturated heterocycles. The van der Waals surface area contributed by atoms with Crippen molar-refractivity contribution >= 4 is 0 Å². The molecule has 0 aromatic heterocycles. The Morgan fingerprint density at radius 2 is 1.31 bits per heavy atom. The van der Waals surface area contributed by atoms with Crippen molar-refractivity contribution in [3.8, 4) is 0 Å². The summed E-state index contributed by atoms with van der Waals surface area (Å²) in [4.78, 5) is 0. The largest absolute Gasteiger partial charge is 0.393 e. The smallest absolute Gasteiger partial charge is 0.0540 e. The molecule has 88 valence electrons. The molecule has 0 saturated carbocycles. The molecule has 0 heterocycles. The van der Waals surface area contributed by atoms with Crippen LogP contribution in [0.15, 0.2) is 24.3 Å². The first-order chi connectivity index (χ1) is 7.84. The molecule has 0 spiro atoms. The first-order valence-electron chi connectivity index (χ1n) is 6.60. The van der Waals surface area contributed by atoms with Crippen molar-refractivity contribution in [1.29, 1.82) is 0 Å². The van der Waals surface area contributed by atoms with Crippen molar-refractivity contribution in [3.63, 3.8) is 0 Å². The molecular formula is C15H22O. The zero-order valence-corrected chi connectivity index (χ0v) is 9.99. The Bertz CT molecular complexity index is 302. The van der Waals surface area contributed by atoms with E-state index < -0.39 is 0 Å². The standard InChI is InChI=1S/C15H22O/c16-15-7-3-1-2-5-13-9-11-14(12-10-13)6-4-8-15/h9-12,15-16H,1-8H2/t15-/m1/s1. The second-order valence-electron chi connectivity index (χ2n) is 4.96. The lowest BCUT2D eigenvalue weighted by Gasteiger charge is -2.09. The van der Waals surface area contributed by atoms with Crippen LogP contribution in [-0.4, -0.2) is 11.2 Å². The molecule has 1 aromatic carbocycles. The maximum absolute atomic E-state index is 9.78. The minimum absolute atomic E-state index is 0.0702. The van der Waals surface area contributed by atoms with Gasteiger partial charge in [-0.3, -0.25) is 0 Å². The second kappa shape index (κ2) is 6.05. The molecule has 1 N–H and O–H groups in total. The third-order valence-electron chi connectivity index (χ3n) is 3.53. The highest BCUT2D eigenvalue weighted by atomic mass is 16.3. The summed E-state index contributed by atoms with van der Waals surface area (Å²) in [6, 6.07) is 9.03. The monoisotopic (exact) mass is 218 g/mol. The van der Waals surface area contributed by atoms with Crippen LogP contribution in [0.4, 0.5) is 0 Å². The topological polar surface area (TPSA) is 20.2 Å². The van der Waals surface area contributed by atoms with E-state index in [1.807, 2.05) is 0 Å². The summed E-state index contributed by atoms with van der Waals surface area (Å²) in [6.45, 7) is 0. The number of aliphatic hydroxyl groups is 1. The van der Waals surface area contributed by atoms with Crippen molar-refractivity contribution in [2.24, 2.45) is 0 Å². The summed E-state index contributed by atoms with van der Waals surface area (Å²) < 4.78 is 0. The van der Waals surface area contributed by atoms with Gasteiger partial charge in [0.2, 0.25) is 0 Å². The molecule has 1 atom stereocenters. The van der Waals surface area contributed by atoms with E-state index in [9.17, 15) is 5.11 Å². The molecule has 2 bridgehead atoms.